The molecule has 0 bridgehead atoms. The Bertz CT molecular complexity index is 1010. The number of carbonyl (C=O) groups is 1. The first kappa shape index (κ1) is 19.7. The number of amides is 1. The topological polar surface area (TPSA) is 51.0 Å². The first-order valence-electron chi connectivity index (χ1n) is 9.96. The molecule has 150 valence electrons. The summed E-state index contributed by atoms with van der Waals surface area (Å²) < 4.78 is 1.93. The SMILES string of the molecule is Cc1ccc(CN(C)C(=O)CSc2nc(C3CC3)n(-c3ccccc3)n2)c(C)c1. The van der Waals surface area contributed by atoms with Crippen molar-refractivity contribution in [1.82, 2.24) is 19.7 Å². The van der Waals surface area contributed by atoms with Gasteiger partial charge >= 0.3 is 0 Å². The third-order valence-corrected chi connectivity index (χ3v) is 6.03. The smallest absolute Gasteiger partial charge is 0.233 e. The molecule has 1 aromatic heterocycles. The summed E-state index contributed by atoms with van der Waals surface area (Å²) in [6.07, 6.45) is 2.32. The van der Waals surface area contributed by atoms with Crippen LogP contribution in [0, 0.1) is 13.8 Å². The first-order chi connectivity index (χ1) is 14.0. The van der Waals surface area contributed by atoms with Gasteiger partial charge in [-0.3, -0.25) is 4.79 Å². The van der Waals surface area contributed by atoms with Gasteiger partial charge in [-0.05, 0) is 49.9 Å². The fraction of sp³-hybridized carbons (Fsp3) is 0.348. The van der Waals surface area contributed by atoms with Crippen LogP contribution in [-0.4, -0.2) is 38.4 Å². The Hall–Kier alpha value is -2.60. The van der Waals surface area contributed by atoms with Crippen molar-refractivity contribution >= 4 is 17.7 Å². The van der Waals surface area contributed by atoms with Crippen molar-refractivity contribution in [3.8, 4) is 5.69 Å². The van der Waals surface area contributed by atoms with Gasteiger partial charge < -0.3 is 4.90 Å². The third-order valence-electron chi connectivity index (χ3n) is 5.21. The van der Waals surface area contributed by atoms with E-state index in [0.29, 0.717) is 23.4 Å². The quantitative estimate of drug-likeness (QED) is 0.542. The van der Waals surface area contributed by atoms with Crippen LogP contribution in [0.2, 0.25) is 0 Å². The number of hydrogen-bond donors (Lipinski definition) is 0. The summed E-state index contributed by atoms with van der Waals surface area (Å²) in [4.78, 5) is 19.2. The van der Waals surface area contributed by atoms with Crippen LogP contribution in [-0.2, 0) is 11.3 Å². The zero-order chi connectivity index (χ0) is 20.4. The van der Waals surface area contributed by atoms with Gasteiger partial charge in [0, 0.05) is 19.5 Å². The van der Waals surface area contributed by atoms with E-state index >= 15 is 0 Å². The summed E-state index contributed by atoms with van der Waals surface area (Å²) >= 11 is 1.41. The molecule has 1 aliphatic rings. The fourth-order valence-electron chi connectivity index (χ4n) is 3.33. The van der Waals surface area contributed by atoms with Crippen LogP contribution in [0.3, 0.4) is 0 Å². The summed E-state index contributed by atoms with van der Waals surface area (Å²) in [5, 5.41) is 5.35. The number of benzene rings is 2. The maximum Gasteiger partial charge on any atom is 0.233 e. The van der Waals surface area contributed by atoms with Gasteiger partial charge in [-0.25, -0.2) is 9.67 Å². The lowest BCUT2D eigenvalue weighted by Crippen LogP contribution is -2.28. The highest BCUT2D eigenvalue weighted by Gasteiger charge is 2.30. The number of aromatic nitrogens is 3. The molecule has 1 aliphatic carbocycles. The highest BCUT2D eigenvalue weighted by molar-refractivity contribution is 7.99. The van der Waals surface area contributed by atoms with Gasteiger partial charge in [-0.15, -0.1) is 5.10 Å². The van der Waals surface area contributed by atoms with Gasteiger partial charge in [0.25, 0.3) is 0 Å². The van der Waals surface area contributed by atoms with E-state index in [9.17, 15) is 4.79 Å². The van der Waals surface area contributed by atoms with E-state index in [1.165, 1.54) is 28.5 Å². The van der Waals surface area contributed by atoms with Crippen molar-refractivity contribution in [2.24, 2.45) is 0 Å². The van der Waals surface area contributed by atoms with Crippen LogP contribution in [0.1, 0.15) is 41.3 Å². The molecule has 0 unspecified atom stereocenters. The molecule has 1 heterocycles. The zero-order valence-electron chi connectivity index (χ0n) is 17.1. The van der Waals surface area contributed by atoms with Crippen molar-refractivity contribution in [2.75, 3.05) is 12.8 Å². The summed E-state index contributed by atoms with van der Waals surface area (Å²) in [7, 11) is 1.85. The van der Waals surface area contributed by atoms with Crippen LogP contribution >= 0.6 is 11.8 Å². The Labute approximate surface area is 176 Å². The Kier molecular flexibility index (Phi) is 5.72. The number of para-hydroxylation sites is 1. The van der Waals surface area contributed by atoms with Crippen LogP contribution < -0.4 is 0 Å². The van der Waals surface area contributed by atoms with E-state index in [1.807, 2.05) is 42.1 Å². The predicted molar refractivity (Wildman–Crippen MR) is 116 cm³/mol. The molecule has 1 fully saturated rings. The second-order valence-electron chi connectivity index (χ2n) is 7.74. The van der Waals surface area contributed by atoms with E-state index in [2.05, 4.69) is 37.1 Å². The molecule has 29 heavy (non-hydrogen) atoms. The lowest BCUT2D eigenvalue weighted by Gasteiger charge is -2.18. The van der Waals surface area contributed by atoms with E-state index < -0.39 is 0 Å². The van der Waals surface area contributed by atoms with Crippen molar-refractivity contribution in [2.45, 2.75) is 44.3 Å². The lowest BCUT2D eigenvalue weighted by molar-refractivity contribution is -0.127. The minimum Gasteiger partial charge on any atom is -0.341 e. The van der Waals surface area contributed by atoms with Crippen LogP contribution in [0.15, 0.2) is 53.7 Å². The molecule has 0 N–H and O–H groups in total. The van der Waals surface area contributed by atoms with Crippen molar-refractivity contribution in [3.05, 3.63) is 71.0 Å². The highest BCUT2D eigenvalue weighted by atomic mass is 32.2. The molecule has 2 aromatic carbocycles. The predicted octanol–water partition coefficient (Wildman–Crippen LogP) is 4.51. The number of thioether (sulfide) groups is 1. The van der Waals surface area contributed by atoms with E-state index in [4.69, 9.17) is 4.98 Å². The molecule has 0 aliphatic heterocycles. The monoisotopic (exact) mass is 406 g/mol. The average molecular weight is 407 g/mol. The van der Waals surface area contributed by atoms with Gasteiger partial charge in [0.2, 0.25) is 11.1 Å². The normalized spacial score (nSPS) is 13.5. The number of aryl methyl sites for hydroxylation is 2. The Morgan fingerprint density at radius 2 is 1.93 bits per heavy atom. The lowest BCUT2D eigenvalue weighted by atomic mass is 10.1. The molecule has 0 saturated heterocycles. The molecule has 4 rings (SSSR count). The van der Waals surface area contributed by atoms with Crippen molar-refractivity contribution < 1.29 is 4.79 Å². The van der Waals surface area contributed by atoms with E-state index in [-0.39, 0.29) is 5.91 Å². The molecule has 3 aromatic rings. The summed E-state index contributed by atoms with van der Waals surface area (Å²) in [6, 6.07) is 16.4. The van der Waals surface area contributed by atoms with Gasteiger partial charge in [-0.2, -0.15) is 0 Å². The van der Waals surface area contributed by atoms with Gasteiger partial charge in [0.15, 0.2) is 0 Å². The third kappa shape index (κ3) is 4.70. The molecule has 0 spiro atoms. The summed E-state index contributed by atoms with van der Waals surface area (Å²) in [5.41, 5.74) is 4.66. The van der Waals surface area contributed by atoms with E-state index in [1.54, 1.807) is 4.90 Å². The number of hydrogen-bond acceptors (Lipinski definition) is 4. The summed E-state index contributed by atoms with van der Waals surface area (Å²) in [6.45, 7) is 4.79. The Morgan fingerprint density at radius 3 is 2.62 bits per heavy atom. The molecule has 1 saturated carbocycles. The van der Waals surface area contributed by atoms with Gasteiger partial charge in [0.05, 0.1) is 11.4 Å². The first-order valence-corrected chi connectivity index (χ1v) is 10.9. The van der Waals surface area contributed by atoms with Crippen molar-refractivity contribution in [1.29, 1.82) is 0 Å². The second-order valence-corrected chi connectivity index (χ2v) is 8.69. The summed E-state index contributed by atoms with van der Waals surface area (Å²) in [5.74, 6) is 1.92. The van der Waals surface area contributed by atoms with Crippen LogP contribution in [0.25, 0.3) is 5.69 Å². The van der Waals surface area contributed by atoms with Crippen molar-refractivity contribution in [3.63, 3.8) is 0 Å². The minimum atomic E-state index is 0.0824. The fourth-order valence-corrected chi connectivity index (χ4v) is 4.10. The molecule has 0 atom stereocenters. The molecule has 0 radical (unpaired) electrons. The molecule has 6 heteroatoms. The average Bonchev–Trinajstić information content (AvgIpc) is 3.48. The van der Waals surface area contributed by atoms with Crippen LogP contribution in [0.4, 0.5) is 0 Å². The van der Waals surface area contributed by atoms with Gasteiger partial charge in [-0.1, -0.05) is 53.7 Å². The molecule has 1 amide bonds. The number of rotatable bonds is 7. The Morgan fingerprint density at radius 1 is 1.17 bits per heavy atom. The van der Waals surface area contributed by atoms with Crippen LogP contribution in [0.5, 0.6) is 0 Å². The molecule has 5 nitrogen and oxygen atoms in total. The second kappa shape index (κ2) is 8.41. The standard InChI is InChI=1S/C23H26N4OS/c1-16-9-10-19(17(2)13-16)14-26(3)21(28)15-29-23-24-22(18-11-12-18)27(25-23)20-7-5-4-6-8-20/h4-10,13,18H,11-12,14-15H2,1-3H3. The molecular formula is C23H26N4OS. The number of nitrogens with zero attached hydrogens (tertiary/aromatic N) is 4. The number of carbonyl (C=O) groups excluding carboxylic acids is 1. The maximum absolute atomic E-state index is 12.6. The largest absolute Gasteiger partial charge is 0.341 e. The maximum atomic E-state index is 12.6. The molecular weight excluding hydrogens is 380 g/mol. The highest BCUT2D eigenvalue weighted by Crippen LogP contribution is 2.40. The van der Waals surface area contributed by atoms with E-state index in [0.717, 1.165) is 24.4 Å². The van der Waals surface area contributed by atoms with Gasteiger partial charge in [0.1, 0.15) is 5.82 Å². The Balaban J connectivity index is 1.41. The minimum absolute atomic E-state index is 0.0824. The zero-order valence-corrected chi connectivity index (χ0v) is 17.9.